The van der Waals surface area contributed by atoms with E-state index in [9.17, 15) is 18.0 Å². The lowest BCUT2D eigenvalue weighted by Gasteiger charge is -2.25. The molecular formula is C26H28ClN3O5S. The number of ether oxygens (including phenoxy) is 1. The molecule has 0 unspecified atom stereocenters. The van der Waals surface area contributed by atoms with Crippen molar-refractivity contribution >= 4 is 44.8 Å². The van der Waals surface area contributed by atoms with E-state index < -0.39 is 28.4 Å². The number of halogens is 1. The second-order valence-corrected chi connectivity index (χ2v) is 10.4. The molecule has 0 atom stereocenters. The topological polar surface area (TPSA) is 105 Å². The van der Waals surface area contributed by atoms with Crippen LogP contribution in [0.25, 0.3) is 0 Å². The zero-order chi connectivity index (χ0) is 26.3. The monoisotopic (exact) mass is 529 g/mol. The minimum Gasteiger partial charge on any atom is -0.383 e. The molecule has 0 aliphatic rings. The molecule has 2 N–H and O–H groups in total. The van der Waals surface area contributed by atoms with E-state index in [1.54, 1.807) is 55.5 Å². The minimum atomic E-state index is -4.11. The van der Waals surface area contributed by atoms with E-state index in [0.717, 1.165) is 15.4 Å². The second kappa shape index (κ2) is 12.0. The molecule has 0 heterocycles. The Bertz CT molecular complexity index is 1340. The summed E-state index contributed by atoms with van der Waals surface area (Å²) in [5.74, 6) is -1.02. The van der Waals surface area contributed by atoms with Crippen LogP contribution >= 0.6 is 11.6 Å². The molecule has 0 aromatic heterocycles. The van der Waals surface area contributed by atoms with Crippen LogP contribution in [0.3, 0.4) is 0 Å². The summed E-state index contributed by atoms with van der Waals surface area (Å²) in [6.45, 7) is 3.76. The van der Waals surface area contributed by atoms with Gasteiger partial charge in [-0.2, -0.15) is 0 Å². The number of nitrogens with one attached hydrogen (secondary N) is 2. The maximum atomic E-state index is 13.6. The molecule has 0 aliphatic heterocycles. The number of para-hydroxylation sites is 1. The fourth-order valence-corrected chi connectivity index (χ4v) is 4.95. The maximum Gasteiger partial charge on any atom is 0.264 e. The number of hydrogen-bond acceptors (Lipinski definition) is 5. The number of benzene rings is 3. The average molecular weight is 530 g/mol. The fraction of sp³-hybridized carbons (Fsp3) is 0.231. The molecule has 0 fully saturated rings. The van der Waals surface area contributed by atoms with Crippen LogP contribution in [0, 0.1) is 13.8 Å². The van der Waals surface area contributed by atoms with Crippen molar-refractivity contribution in [1.82, 2.24) is 5.32 Å². The van der Waals surface area contributed by atoms with Crippen molar-refractivity contribution in [2.45, 2.75) is 18.7 Å². The van der Waals surface area contributed by atoms with Gasteiger partial charge >= 0.3 is 0 Å². The lowest BCUT2D eigenvalue weighted by atomic mass is 10.1. The highest BCUT2D eigenvalue weighted by Crippen LogP contribution is 2.28. The zero-order valence-electron chi connectivity index (χ0n) is 20.2. The van der Waals surface area contributed by atoms with E-state index in [-0.39, 0.29) is 21.8 Å². The van der Waals surface area contributed by atoms with Crippen LogP contribution in [0.15, 0.2) is 71.6 Å². The molecule has 190 valence electrons. The quantitative estimate of drug-likeness (QED) is 0.384. The molecule has 8 nitrogen and oxygen atoms in total. The number of nitrogens with zero attached hydrogens (tertiary/aromatic N) is 1. The molecule has 36 heavy (non-hydrogen) atoms. The number of aryl methyl sites for hydroxylation is 2. The Morgan fingerprint density at radius 3 is 2.36 bits per heavy atom. The lowest BCUT2D eigenvalue weighted by molar-refractivity contribution is -0.114. The Labute approximate surface area is 216 Å². The van der Waals surface area contributed by atoms with Gasteiger partial charge in [0.1, 0.15) is 6.54 Å². The first-order valence-electron chi connectivity index (χ1n) is 11.1. The molecule has 0 bridgehead atoms. The van der Waals surface area contributed by atoms with Crippen LogP contribution in [-0.4, -0.2) is 47.0 Å². The third kappa shape index (κ3) is 6.63. The first-order valence-corrected chi connectivity index (χ1v) is 13.0. The number of hydrogen-bond donors (Lipinski definition) is 2. The van der Waals surface area contributed by atoms with E-state index in [1.807, 2.05) is 6.92 Å². The van der Waals surface area contributed by atoms with Crippen LogP contribution in [0.4, 0.5) is 11.4 Å². The summed E-state index contributed by atoms with van der Waals surface area (Å²) in [4.78, 5) is 25.7. The third-order valence-corrected chi connectivity index (χ3v) is 7.57. The molecule has 0 aliphatic carbocycles. The zero-order valence-corrected chi connectivity index (χ0v) is 21.8. The van der Waals surface area contributed by atoms with E-state index in [0.29, 0.717) is 18.2 Å². The summed E-state index contributed by atoms with van der Waals surface area (Å²) in [5.41, 5.74) is 2.41. The van der Waals surface area contributed by atoms with E-state index in [4.69, 9.17) is 16.3 Å². The number of sulfonamides is 1. The second-order valence-electron chi connectivity index (χ2n) is 8.10. The molecule has 0 spiro atoms. The first kappa shape index (κ1) is 27.2. The summed E-state index contributed by atoms with van der Waals surface area (Å²) in [6.07, 6.45) is 0. The molecule has 0 saturated carbocycles. The minimum absolute atomic E-state index is 0.0375. The van der Waals surface area contributed by atoms with Gasteiger partial charge in [0.25, 0.3) is 15.9 Å². The van der Waals surface area contributed by atoms with Gasteiger partial charge in [0.2, 0.25) is 5.91 Å². The highest BCUT2D eigenvalue weighted by molar-refractivity contribution is 7.92. The number of methoxy groups -OCH3 is 1. The SMILES string of the molecule is COCCNC(=O)c1ccccc1NC(=O)CN(c1ccc(C)c(Cl)c1)S(=O)(=O)c1ccc(C)cc1. The van der Waals surface area contributed by atoms with E-state index in [1.165, 1.54) is 25.3 Å². The van der Waals surface area contributed by atoms with Crippen molar-refractivity contribution < 1.29 is 22.7 Å². The number of rotatable bonds is 10. The number of carbonyl (C=O) groups excluding carboxylic acids is 2. The van der Waals surface area contributed by atoms with Crippen LogP contribution in [0.1, 0.15) is 21.5 Å². The largest absolute Gasteiger partial charge is 0.383 e. The summed E-state index contributed by atoms with van der Waals surface area (Å²) in [5, 5.41) is 5.75. The van der Waals surface area contributed by atoms with Crippen molar-refractivity contribution in [3.8, 4) is 0 Å². The van der Waals surface area contributed by atoms with Crippen LogP contribution < -0.4 is 14.9 Å². The summed E-state index contributed by atoms with van der Waals surface area (Å²) in [7, 11) is -2.58. The van der Waals surface area contributed by atoms with E-state index >= 15 is 0 Å². The summed E-state index contributed by atoms with van der Waals surface area (Å²) < 4.78 is 33.1. The molecular weight excluding hydrogens is 502 g/mol. The van der Waals surface area contributed by atoms with Crippen LogP contribution in [0.5, 0.6) is 0 Å². The van der Waals surface area contributed by atoms with E-state index in [2.05, 4.69) is 10.6 Å². The predicted molar refractivity (Wildman–Crippen MR) is 141 cm³/mol. The highest BCUT2D eigenvalue weighted by atomic mass is 35.5. The summed E-state index contributed by atoms with van der Waals surface area (Å²) >= 11 is 6.27. The van der Waals surface area contributed by atoms with Crippen molar-refractivity contribution in [3.05, 3.63) is 88.4 Å². The van der Waals surface area contributed by atoms with Crippen molar-refractivity contribution in [1.29, 1.82) is 0 Å². The lowest BCUT2D eigenvalue weighted by Crippen LogP contribution is -2.38. The van der Waals surface area contributed by atoms with Crippen molar-refractivity contribution in [3.63, 3.8) is 0 Å². The van der Waals surface area contributed by atoms with Gasteiger partial charge in [0.15, 0.2) is 0 Å². The highest BCUT2D eigenvalue weighted by Gasteiger charge is 2.28. The van der Waals surface area contributed by atoms with Gasteiger partial charge < -0.3 is 15.4 Å². The third-order valence-electron chi connectivity index (χ3n) is 5.38. The smallest absolute Gasteiger partial charge is 0.264 e. The van der Waals surface area contributed by atoms with Crippen LogP contribution in [-0.2, 0) is 19.6 Å². The fourth-order valence-electron chi connectivity index (χ4n) is 3.36. The molecule has 3 rings (SSSR count). The molecule has 10 heteroatoms. The number of amides is 2. The van der Waals surface area contributed by atoms with Gasteiger partial charge in [-0.15, -0.1) is 0 Å². The van der Waals surface area contributed by atoms with Crippen molar-refractivity contribution in [2.24, 2.45) is 0 Å². The number of carbonyl (C=O) groups is 2. The Morgan fingerprint density at radius 1 is 1.00 bits per heavy atom. The van der Waals surface area contributed by atoms with Gasteiger partial charge in [0, 0.05) is 18.7 Å². The molecule has 2 amide bonds. The van der Waals surface area contributed by atoms with Gasteiger partial charge in [-0.3, -0.25) is 13.9 Å². The number of anilines is 2. The predicted octanol–water partition coefficient (Wildman–Crippen LogP) is 4.17. The van der Waals surface area contributed by atoms with Crippen LogP contribution in [0.2, 0.25) is 5.02 Å². The first-order chi connectivity index (χ1) is 17.1. The Kier molecular flexibility index (Phi) is 9.08. The average Bonchev–Trinajstić information content (AvgIpc) is 2.85. The van der Waals surface area contributed by atoms with Gasteiger partial charge in [-0.1, -0.05) is 47.5 Å². The van der Waals surface area contributed by atoms with Crippen molar-refractivity contribution in [2.75, 3.05) is 36.4 Å². The Balaban J connectivity index is 1.91. The van der Waals surface area contributed by atoms with Gasteiger partial charge in [-0.25, -0.2) is 8.42 Å². The normalized spacial score (nSPS) is 11.1. The maximum absolute atomic E-state index is 13.6. The van der Waals surface area contributed by atoms with Gasteiger partial charge in [0.05, 0.1) is 28.4 Å². The summed E-state index contributed by atoms with van der Waals surface area (Å²) in [6, 6.07) is 17.6. The molecule has 0 radical (unpaired) electrons. The molecule has 3 aromatic rings. The standard InChI is InChI=1S/C26H28ClN3O5S/c1-18-8-12-21(13-9-18)36(33,34)30(20-11-10-19(2)23(27)16-20)17-25(31)29-24-7-5-4-6-22(24)26(32)28-14-15-35-3/h4-13,16H,14-15,17H2,1-3H3,(H,28,32)(H,29,31). The Hall–Kier alpha value is -3.40. The molecule has 0 saturated heterocycles. The Morgan fingerprint density at radius 2 is 1.69 bits per heavy atom. The molecule has 3 aromatic carbocycles. The van der Waals surface area contributed by atoms with Gasteiger partial charge in [-0.05, 0) is 55.8 Å².